The molecule has 0 spiro atoms. The second kappa shape index (κ2) is 5.40. The van der Waals surface area contributed by atoms with E-state index < -0.39 is 0 Å². The van der Waals surface area contributed by atoms with Crippen molar-refractivity contribution in [2.24, 2.45) is 0 Å². The highest BCUT2D eigenvalue weighted by Crippen LogP contribution is 2.12. The number of aromatic nitrogens is 4. The summed E-state index contributed by atoms with van der Waals surface area (Å²) in [6, 6.07) is 1.58. The van der Waals surface area contributed by atoms with Crippen LogP contribution in [0.1, 0.15) is 16.2 Å². The van der Waals surface area contributed by atoms with Crippen LogP contribution in [0.4, 0.5) is 0 Å². The standard InChI is InChI=1S/C10H10ClN5O/c11-8-1-3-12-5-7(8)10(17)13-4-2-9-14-6-15-16-9/h1,3,5-6H,2,4H2,(H,13,17)(H,14,15,16). The van der Waals surface area contributed by atoms with Crippen molar-refractivity contribution < 1.29 is 4.79 Å². The lowest BCUT2D eigenvalue weighted by molar-refractivity contribution is 0.0954. The van der Waals surface area contributed by atoms with Gasteiger partial charge in [-0.1, -0.05) is 11.6 Å². The molecule has 0 atom stereocenters. The third-order valence-electron chi connectivity index (χ3n) is 2.12. The van der Waals surface area contributed by atoms with Gasteiger partial charge in [-0.2, -0.15) is 5.10 Å². The number of aromatic amines is 1. The average Bonchev–Trinajstić information content (AvgIpc) is 2.82. The fraction of sp³-hybridized carbons (Fsp3) is 0.200. The monoisotopic (exact) mass is 251 g/mol. The van der Waals surface area contributed by atoms with Crippen LogP contribution in [0, 0.1) is 0 Å². The highest BCUT2D eigenvalue weighted by atomic mass is 35.5. The van der Waals surface area contributed by atoms with Crippen molar-refractivity contribution in [3.8, 4) is 0 Å². The first kappa shape index (κ1) is 11.5. The minimum absolute atomic E-state index is 0.248. The molecule has 0 unspecified atom stereocenters. The Hall–Kier alpha value is -1.95. The molecule has 2 rings (SSSR count). The maximum absolute atomic E-state index is 11.7. The molecule has 88 valence electrons. The summed E-state index contributed by atoms with van der Waals surface area (Å²) in [4.78, 5) is 19.5. The van der Waals surface area contributed by atoms with Gasteiger partial charge in [-0.05, 0) is 6.07 Å². The smallest absolute Gasteiger partial charge is 0.254 e. The Kier molecular flexibility index (Phi) is 3.66. The lowest BCUT2D eigenvalue weighted by Gasteiger charge is -2.04. The molecule has 7 heteroatoms. The van der Waals surface area contributed by atoms with Crippen molar-refractivity contribution in [1.29, 1.82) is 0 Å². The third kappa shape index (κ3) is 3.01. The highest BCUT2D eigenvalue weighted by Gasteiger charge is 2.09. The number of nitrogens with zero attached hydrogens (tertiary/aromatic N) is 3. The number of nitrogens with one attached hydrogen (secondary N) is 2. The molecular formula is C10H10ClN5O. The number of amides is 1. The van der Waals surface area contributed by atoms with E-state index in [4.69, 9.17) is 11.6 Å². The van der Waals surface area contributed by atoms with Gasteiger partial charge in [0.05, 0.1) is 10.6 Å². The van der Waals surface area contributed by atoms with Crippen molar-refractivity contribution in [3.63, 3.8) is 0 Å². The van der Waals surface area contributed by atoms with E-state index in [2.05, 4.69) is 25.5 Å². The number of rotatable bonds is 4. The molecule has 0 saturated carbocycles. The van der Waals surface area contributed by atoms with E-state index in [-0.39, 0.29) is 5.91 Å². The highest BCUT2D eigenvalue weighted by molar-refractivity contribution is 6.33. The SMILES string of the molecule is O=C(NCCc1ncn[nH]1)c1cnccc1Cl. The summed E-state index contributed by atoms with van der Waals surface area (Å²) >= 11 is 5.87. The minimum Gasteiger partial charge on any atom is -0.351 e. The Morgan fingerprint density at radius 1 is 1.53 bits per heavy atom. The molecule has 2 N–H and O–H groups in total. The number of pyridine rings is 1. The molecule has 2 heterocycles. The molecule has 0 aromatic carbocycles. The van der Waals surface area contributed by atoms with Crippen molar-refractivity contribution in [2.75, 3.05) is 6.54 Å². The predicted molar refractivity (Wildman–Crippen MR) is 61.7 cm³/mol. The summed E-state index contributed by atoms with van der Waals surface area (Å²) in [6.07, 6.45) is 4.98. The number of halogens is 1. The molecule has 0 aliphatic heterocycles. The molecule has 1 amide bonds. The number of H-pyrrole nitrogens is 1. The zero-order valence-corrected chi connectivity index (χ0v) is 9.61. The third-order valence-corrected chi connectivity index (χ3v) is 2.45. The first-order chi connectivity index (χ1) is 8.27. The van der Waals surface area contributed by atoms with Crippen LogP contribution >= 0.6 is 11.6 Å². The van der Waals surface area contributed by atoms with Gasteiger partial charge >= 0.3 is 0 Å². The van der Waals surface area contributed by atoms with Crippen LogP contribution in [0.15, 0.2) is 24.8 Å². The molecule has 0 aliphatic rings. The lowest BCUT2D eigenvalue weighted by atomic mass is 10.2. The predicted octanol–water partition coefficient (Wildman–Crippen LogP) is 0.826. The molecule has 6 nitrogen and oxygen atoms in total. The summed E-state index contributed by atoms with van der Waals surface area (Å²) in [5.41, 5.74) is 0.367. The van der Waals surface area contributed by atoms with Gasteiger partial charge in [0, 0.05) is 25.4 Å². The van der Waals surface area contributed by atoms with E-state index in [1.54, 1.807) is 6.07 Å². The summed E-state index contributed by atoms with van der Waals surface area (Å²) in [7, 11) is 0. The van der Waals surface area contributed by atoms with E-state index in [0.717, 1.165) is 5.82 Å². The molecule has 0 radical (unpaired) electrons. The number of carbonyl (C=O) groups excluding carboxylic acids is 1. The van der Waals surface area contributed by atoms with Gasteiger partial charge in [0.25, 0.3) is 5.91 Å². The van der Waals surface area contributed by atoms with E-state index >= 15 is 0 Å². The van der Waals surface area contributed by atoms with Gasteiger partial charge in [-0.15, -0.1) is 0 Å². The fourth-order valence-corrected chi connectivity index (χ4v) is 1.48. The molecule has 2 aromatic heterocycles. The van der Waals surface area contributed by atoms with Crippen LogP contribution in [0.5, 0.6) is 0 Å². The van der Waals surface area contributed by atoms with Gasteiger partial charge in [-0.25, -0.2) is 4.98 Å². The molecule has 17 heavy (non-hydrogen) atoms. The molecular weight excluding hydrogens is 242 g/mol. The van der Waals surface area contributed by atoms with Crippen LogP contribution in [0.25, 0.3) is 0 Å². The maximum atomic E-state index is 11.7. The van der Waals surface area contributed by atoms with Crippen LogP contribution in [0.3, 0.4) is 0 Å². The van der Waals surface area contributed by atoms with Crippen molar-refractivity contribution in [3.05, 3.63) is 41.2 Å². The normalized spacial score (nSPS) is 10.2. The lowest BCUT2D eigenvalue weighted by Crippen LogP contribution is -2.26. The Labute approximate surface area is 102 Å². The minimum atomic E-state index is -0.248. The molecule has 2 aromatic rings. The maximum Gasteiger partial charge on any atom is 0.254 e. The average molecular weight is 252 g/mol. The van der Waals surface area contributed by atoms with Crippen LogP contribution in [-0.4, -0.2) is 32.6 Å². The topological polar surface area (TPSA) is 83.6 Å². The van der Waals surface area contributed by atoms with Crippen molar-refractivity contribution >= 4 is 17.5 Å². The van der Waals surface area contributed by atoms with Gasteiger partial charge in [0.2, 0.25) is 0 Å². The quantitative estimate of drug-likeness (QED) is 0.843. The summed E-state index contributed by atoms with van der Waals surface area (Å²) in [6.45, 7) is 0.458. The first-order valence-electron chi connectivity index (χ1n) is 4.99. The zero-order valence-electron chi connectivity index (χ0n) is 8.85. The van der Waals surface area contributed by atoms with Gasteiger partial charge in [-0.3, -0.25) is 14.9 Å². The van der Waals surface area contributed by atoms with E-state index in [1.807, 2.05) is 0 Å². The Morgan fingerprint density at radius 2 is 2.41 bits per heavy atom. The zero-order chi connectivity index (χ0) is 12.1. The van der Waals surface area contributed by atoms with Crippen LogP contribution in [-0.2, 0) is 6.42 Å². The molecule has 0 bridgehead atoms. The number of carbonyl (C=O) groups is 1. The summed E-state index contributed by atoms with van der Waals surface area (Å²) < 4.78 is 0. The molecule has 0 saturated heterocycles. The van der Waals surface area contributed by atoms with Crippen LogP contribution < -0.4 is 5.32 Å². The summed E-state index contributed by atoms with van der Waals surface area (Å²) in [5.74, 6) is 0.477. The number of hydrogen-bond donors (Lipinski definition) is 2. The van der Waals surface area contributed by atoms with E-state index in [9.17, 15) is 4.79 Å². The molecule has 0 aliphatic carbocycles. The molecule has 0 fully saturated rings. The fourth-order valence-electron chi connectivity index (χ4n) is 1.29. The second-order valence-electron chi connectivity index (χ2n) is 3.29. The number of hydrogen-bond acceptors (Lipinski definition) is 4. The Balaban J connectivity index is 1.88. The second-order valence-corrected chi connectivity index (χ2v) is 3.70. The van der Waals surface area contributed by atoms with Crippen molar-refractivity contribution in [1.82, 2.24) is 25.5 Å². The van der Waals surface area contributed by atoms with E-state index in [0.29, 0.717) is 23.6 Å². The van der Waals surface area contributed by atoms with Crippen LogP contribution in [0.2, 0.25) is 5.02 Å². The Morgan fingerprint density at radius 3 is 3.12 bits per heavy atom. The first-order valence-corrected chi connectivity index (χ1v) is 5.37. The van der Waals surface area contributed by atoms with Gasteiger partial charge in [0.1, 0.15) is 12.2 Å². The Bertz CT molecular complexity index is 499. The van der Waals surface area contributed by atoms with Gasteiger partial charge in [0.15, 0.2) is 0 Å². The van der Waals surface area contributed by atoms with E-state index in [1.165, 1.54) is 18.7 Å². The van der Waals surface area contributed by atoms with Gasteiger partial charge < -0.3 is 5.32 Å². The summed E-state index contributed by atoms with van der Waals surface area (Å²) in [5, 5.41) is 9.54. The van der Waals surface area contributed by atoms with Crippen molar-refractivity contribution in [2.45, 2.75) is 6.42 Å². The largest absolute Gasteiger partial charge is 0.351 e.